The number of hydrogen-bond donors (Lipinski definition) is 0. The fourth-order valence-electron chi connectivity index (χ4n) is 4.44. The normalized spacial score (nSPS) is 27.2. The second kappa shape index (κ2) is 7.17. The van der Waals surface area contributed by atoms with Gasteiger partial charge in [-0.25, -0.2) is 0 Å². The molecule has 5 heteroatoms. The fraction of sp³-hybridized carbons (Fsp3) is 1.00. The monoisotopic (exact) mass is 311 g/mol. The first-order chi connectivity index (χ1) is 9.70. The van der Waals surface area contributed by atoms with Gasteiger partial charge in [0.25, 0.3) is 0 Å². The van der Waals surface area contributed by atoms with Crippen LogP contribution < -0.4 is 0 Å². The van der Waals surface area contributed by atoms with Gasteiger partial charge in [-0.05, 0) is 40.9 Å². The molecule has 0 heterocycles. The molecule has 0 saturated heterocycles. The quantitative estimate of drug-likeness (QED) is 0.242. The Morgan fingerprint density at radius 1 is 1.14 bits per heavy atom. The Balaban J connectivity index is 3.22. The zero-order valence-electron chi connectivity index (χ0n) is 14.9. The van der Waals surface area contributed by atoms with Gasteiger partial charge in [-0.15, -0.1) is 0 Å². The first-order valence-electron chi connectivity index (χ1n) is 8.46. The Labute approximate surface area is 131 Å². The summed E-state index contributed by atoms with van der Waals surface area (Å²) in [6, 6.07) is 0. The lowest BCUT2D eigenvalue weighted by Crippen LogP contribution is -2.55. The molecule has 0 radical (unpaired) electrons. The van der Waals surface area contributed by atoms with Crippen molar-refractivity contribution in [3.63, 3.8) is 0 Å². The highest BCUT2D eigenvalue weighted by molar-refractivity contribution is 6.77. The lowest BCUT2D eigenvalue weighted by Gasteiger charge is -2.50. The average Bonchev–Trinajstić information content (AvgIpc) is 2.35. The van der Waals surface area contributed by atoms with Crippen molar-refractivity contribution in [3.8, 4) is 0 Å². The van der Waals surface area contributed by atoms with E-state index >= 15 is 0 Å². The largest absolute Gasteiger partial charge is 0.404 e. The first-order valence-corrected chi connectivity index (χ1v) is 10.6. The van der Waals surface area contributed by atoms with E-state index in [1.807, 2.05) is 0 Å². The minimum absolute atomic E-state index is 0.514. The number of nitrogens with zero attached hydrogens (tertiary/aromatic N) is 3. The molecular weight excluding hydrogens is 278 g/mol. The zero-order chi connectivity index (χ0) is 16.3. The van der Waals surface area contributed by atoms with E-state index in [1.165, 1.54) is 6.42 Å². The Bertz CT molecular complexity index is 369. The van der Waals surface area contributed by atoms with Gasteiger partial charge in [0.1, 0.15) is 5.72 Å². The molecule has 1 fully saturated rings. The minimum Gasteiger partial charge on any atom is -0.404 e. The molecule has 1 aliphatic carbocycles. The Morgan fingerprint density at radius 2 is 1.67 bits per heavy atom. The Hall–Kier alpha value is -0.513. The van der Waals surface area contributed by atoms with Crippen LogP contribution in [0.3, 0.4) is 0 Å². The molecule has 1 saturated carbocycles. The van der Waals surface area contributed by atoms with Crippen molar-refractivity contribution in [1.29, 1.82) is 0 Å². The van der Waals surface area contributed by atoms with E-state index in [1.54, 1.807) is 0 Å². The van der Waals surface area contributed by atoms with E-state index in [9.17, 15) is 0 Å². The summed E-state index contributed by atoms with van der Waals surface area (Å²) in [6.07, 6.45) is 4.06. The maximum atomic E-state index is 9.08. The van der Waals surface area contributed by atoms with Gasteiger partial charge >= 0.3 is 0 Å². The van der Waals surface area contributed by atoms with Gasteiger partial charge in [0.05, 0.1) is 0 Å². The van der Waals surface area contributed by atoms with Crippen LogP contribution in [0.4, 0.5) is 0 Å². The van der Waals surface area contributed by atoms with Crippen molar-refractivity contribution >= 4 is 8.32 Å². The molecule has 0 aromatic rings. The second-order valence-corrected chi connectivity index (χ2v) is 13.1. The molecule has 4 nitrogen and oxygen atoms in total. The third-order valence-electron chi connectivity index (χ3n) is 5.23. The van der Waals surface area contributed by atoms with Crippen LogP contribution in [0.25, 0.3) is 10.4 Å². The van der Waals surface area contributed by atoms with Gasteiger partial charge in [-0.2, -0.15) is 0 Å². The van der Waals surface area contributed by atoms with E-state index in [4.69, 9.17) is 9.96 Å². The minimum atomic E-state index is -2.02. The van der Waals surface area contributed by atoms with E-state index in [0.717, 1.165) is 19.3 Å². The first kappa shape index (κ1) is 18.5. The summed E-state index contributed by atoms with van der Waals surface area (Å²) in [5.74, 6) is 0.572. The summed E-state index contributed by atoms with van der Waals surface area (Å²) in [5, 5.41) is 4.19. The summed E-state index contributed by atoms with van der Waals surface area (Å²) in [5.41, 5.74) is 10.0. The summed E-state index contributed by atoms with van der Waals surface area (Å²) in [7, 11) is -2.02. The molecule has 0 aromatic heterocycles. The molecule has 2 atom stereocenters. The molecule has 1 aliphatic rings. The lowest BCUT2D eigenvalue weighted by atomic mass is 9.85. The molecule has 0 amide bonds. The van der Waals surface area contributed by atoms with E-state index in [-0.39, 0.29) is 0 Å². The van der Waals surface area contributed by atoms with Gasteiger partial charge in [-0.3, -0.25) is 0 Å². The summed E-state index contributed by atoms with van der Waals surface area (Å²) >= 11 is 0. The standard InChI is InChI=1S/C16H33N3OSi/c1-12(2)21(13(3)4,14(5)6)20-16(18-19-17)10-8-9-15(7)11-16/h12-15H,8-11H2,1-7H3. The Kier molecular flexibility index (Phi) is 6.32. The topological polar surface area (TPSA) is 58.0 Å². The average molecular weight is 312 g/mol. The van der Waals surface area contributed by atoms with Crippen molar-refractivity contribution < 1.29 is 4.43 Å². The van der Waals surface area contributed by atoms with Crippen molar-refractivity contribution in [2.24, 2.45) is 11.0 Å². The van der Waals surface area contributed by atoms with Crippen LogP contribution in [0.15, 0.2) is 5.11 Å². The van der Waals surface area contributed by atoms with Gasteiger partial charge in [0.15, 0.2) is 0 Å². The van der Waals surface area contributed by atoms with Gasteiger partial charge < -0.3 is 4.43 Å². The van der Waals surface area contributed by atoms with Gasteiger partial charge in [-0.1, -0.05) is 66.4 Å². The van der Waals surface area contributed by atoms with Crippen LogP contribution in [-0.2, 0) is 4.43 Å². The van der Waals surface area contributed by atoms with Crippen LogP contribution in [0.1, 0.15) is 74.1 Å². The lowest BCUT2D eigenvalue weighted by molar-refractivity contribution is 0.00195. The second-order valence-electron chi connectivity index (χ2n) is 7.76. The maximum Gasteiger partial charge on any atom is 0.201 e. The third-order valence-corrected chi connectivity index (χ3v) is 11.4. The van der Waals surface area contributed by atoms with Crippen molar-refractivity contribution in [2.75, 3.05) is 0 Å². The number of rotatable bonds is 6. The van der Waals surface area contributed by atoms with Gasteiger partial charge in [0.2, 0.25) is 8.32 Å². The van der Waals surface area contributed by atoms with Crippen molar-refractivity contribution in [1.82, 2.24) is 0 Å². The molecule has 21 heavy (non-hydrogen) atoms. The predicted molar refractivity (Wildman–Crippen MR) is 91.6 cm³/mol. The molecule has 122 valence electrons. The SMILES string of the molecule is CC1CCCC(N=[N+]=[N-])(O[Si](C(C)C)(C(C)C)C(C)C)C1. The molecule has 1 rings (SSSR count). The molecule has 0 bridgehead atoms. The summed E-state index contributed by atoms with van der Waals surface area (Å²) in [4.78, 5) is 3.15. The van der Waals surface area contributed by atoms with Crippen LogP contribution in [0.5, 0.6) is 0 Å². The smallest absolute Gasteiger partial charge is 0.201 e. The van der Waals surface area contributed by atoms with Crippen LogP contribution in [0.2, 0.25) is 16.6 Å². The van der Waals surface area contributed by atoms with E-state index < -0.39 is 14.0 Å². The van der Waals surface area contributed by atoms with Crippen LogP contribution in [0, 0.1) is 5.92 Å². The van der Waals surface area contributed by atoms with Crippen molar-refractivity contribution in [3.05, 3.63) is 10.4 Å². The summed E-state index contributed by atoms with van der Waals surface area (Å²) < 4.78 is 6.88. The number of azide groups is 1. The number of hydrogen-bond acceptors (Lipinski definition) is 2. The molecule has 0 aromatic carbocycles. The highest BCUT2D eigenvalue weighted by atomic mass is 28.4. The Morgan fingerprint density at radius 3 is 2.05 bits per heavy atom. The fourth-order valence-corrected chi connectivity index (χ4v) is 10.0. The molecule has 0 spiro atoms. The maximum absolute atomic E-state index is 9.08. The van der Waals surface area contributed by atoms with E-state index in [2.05, 4.69) is 58.5 Å². The molecular formula is C16H33N3OSi. The third kappa shape index (κ3) is 3.82. The molecule has 0 aliphatic heterocycles. The zero-order valence-corrected chi connectivity index (χ0v) is 15.9. The predicted octanol–water partition coefficient (Wildman–Crippen LogP) is 6.40. The van der Waals surface area contributed by atoms with E-state index in [0.29, 0.717) is 22.5 Å². The van der Waals surface area contributed by atoms with Gasteiger partial charge in [0, 0.05) is 4.91 Å². The highest BCUT2D eigenvalue weighted by Gasteiger charge is 2.51. The summed E-state index contributed by atoms with van der Waals surface area (Å²) in [6.45, 7) is 15.9. The van der Waals surface area contributed by atoms with Crippen LogP contribution >= 0.6 is 0 Å². The van der Waals surface area contributed by atoms with Crippen LogP contribution in [-0.4, -0.2) is 14.0 Å². The van der Waals surface area contributed by atoms with Crippen molar-refractivity contribution in [2.45, 2.75) is 96.5 Å². The highest BCUT2D eigenvalue weighted by Crippen LogP contribution is 2.48. The molecule has 2 unspecified atom stereocenters. The molecule has 0 N–H and O–H groups in total.